The first kappa shape index (κ1) is 5.09. The normalized spacial score (nSPS) is 25.5. The van der Waals surface area contributed by atoms with E-state index in [4.69, 9.17) is 0 Å². The van der Waals surface area contributed by atoms with E-state index in [1.54, 1.807) is 12.2 Å². The van der Waals surface area contributed by atoms with E-state index >= 15 is 0 Å². The van der Waals surface area contributed by atoms with Gasteiger partial charge in [-0.25, -0.2) is 4.79 Å². The van der Waals surface area contributed by atoms with Crippen molar-refractivity contribution in [2.75, 3.05) is 0 Å². The summed E-state index contributed by atoms with van der Waals surface area (Å²) in [5.74, 6) is -0.282. The minimum absolute atomic E-state index is 0.192. The van der Waals surface area contributed by atoms with E-state index in [1.165, 1.54) is 6.08 Å². The monoisotopic (exact) mass is 110 g/mol. The second kappa shape index (κ2) is 1.82. The van der Waals surface area contributed by atoms with Gasteiger partial charge in [0.1, 0.15) is 6.10 Å². The summed E-state index contributed by atoms with van der Waals surface area (Å²) in [7, 11) is 0. The summed E-state index contributed by atoms with van der Waals surface area (Å²) in [6, 6.07) is 0. The van der Waals surface area contributed by atoms with Crippen molar-refractivity contribution in [2.24, 2.45) is 0 Å². The lowest BCUT2D eigenvalue weighted by molar-refractivity contribution is -0.137. The van der Waals surface area contributed by atoms with Gasteiger partial charge in [-0.1, -0.05) is 6.58 Å². The number of carbonyl (C=O) groups is 1. The summed E-state index contributed by atoms with van der Waals surface area (Å²) in [5.41, 5.74) is 0. The molecule has 0 N–H and O–H groups in total. The van der Waals surface area contributed by atoms with Crippen LogP contribution in [0.1, 0.15) is 0 Å². The Hall–Kier alpha value is -1.05. The van der Waals surface area contributed by atoms with Crippen LogP contribution in [0.5, 0.6) is 0 Å². The van der Waals surface area contributed by atoms with E-state index in [2.05, 4.69) is 11.3 Å². The van der Waals surface area contributed by atoms with Gasteiger partial charge in [0.25, 0.3) is 0 Å². The van der Waals surface area contributed by atoms with Gasteiger partial charge in [-0.05, 0) is 12.2 Å². The van der Waals surface area contributed by atoms with Gasteiger partial charge < -0.3 is 4.74 Å². The largest absolute Gasteiger partial charge is 0.451 e. The number of esters is 1. The molecule has 0 spiro atoms. The fraction of sp³-hybridized carbons (Fsp3) is 0.167. The summed E-state index contributed by atoms with van der Waals surface area (Å²) in [6.07, 6.45) is 4.44. The van der Waals surface area contributed by atoms with Crippen molar-refractivity contribution >= 4 is 5.97 Å². The minimum Gasteiger partial charge on any atom is -0.451 e. The number of rotatable bonds is 1. The summed E-state index contributed by atoms with van der Waals surface area (Å²) in [5, 5.41) is 0. The van der Waals surface area contributed by atoms with Gasteiger partial charge in [0, 0.05) is 6.08 Å². The van der Waals surface area contributed by atoms with Crippen molar-refractivity contribution < 1.29 is 9.53 Å². The highest BCUT2D eigenvalue weighted by Gasteiger charge is 2.11. The lowest BCUT2D eigenvalue weighted by Gasteiger charge is -1.97. The fourth-order valence-electron chi connectivity index (χ4n) is 0.513. The molecule has 0 fully saturated rings. The summed E-state index contributed by atoms with van der Waals surface area (Å²) in [6.45, 7) is 3.45. The molecular weight excluding hydrogens is 104 g/mol. The van der Waals surface area contributed by atoms with Gasteiger partial charge in [-0.15, -0.1) is 0 Å². The Labute approximate surface area is 47.5 Å². The Balaban J connectivity index is 2.58. The highest BCUT2D eigenvalue weighted by Crippen LogP contribution is 2.03. The van der Waals surface area contributed by atoms with Gasteiger partial charge in [-0.3, -0.25) is 0 Å². The smallest absolute Gasteiger partial charge is 0.331 e. The molecule has 1 unspecified atom stereocenters. The van der Waals surface area contributed by atoms with Crippen LogP contribution >= 0.6 is 0 Å². The van der Waals surface area contributed by atoms with Crippen LogP contribution in [-0.2, 0) is 9.53 Å². The molecule has 1 rings (SSSR count). The second-order valence-corrected chi connectivity index (χ2v) is 1.50. The van der Waals surface area contributed by atoms with Gasteiger partial charge in [0.15, 0.2) is 0 Å². The van der Waals surface area contributed by atoms with Crippen molar-refractivity contribution in [3.63, 3.8) is 0 Å². The molecule has 0 aliphatic carbocycles. The molecule has 2 heteroatoms. The lowest BCUT2D eigenvalue weighted by atomic mass is 10.3. The van der Waals surface area contributed by atoms with Crippen LogP contribution in [0.15, 0.2) is 24.8 Å². The molecule has 1 aliphatic rings. The molecule has 1 aliphatic heterocycles. The zero-order chi connectivity index (χ0) is 5.98. The van der Waals surface area contributed by atoms with Gasteiger partial charge in [0.05, 0.1) is 0 Å². The number of carbonyl (C=O) groups excluding carboxylic acids is 1. The zero-order valence-electron chi connectivity index (χ0n) is 4.33. The van der Waals surface area contributed by atoms with E-state index in [0.717, 1.165) is 0 Å². The molecule has 0 saturated carbocycles. The molecule has 0 aromatic heterocycles. The fourth-order valence-corrected chi connectivity index (χ4v) is 0.513. The quantitative estimate of drug-likeness (QED) is 0.366. The Bertz CT molecular complexity index is 147. The first-order valence-electron chi connectivity index (χ1n) is 2.34. The van der Waals surface area contributed by atoms with E-state index < -0.39 is 0 Å². The molecule has 42 valence electrons. The van der Waals surface area contributed by atoms with Crippen molar-refractivity contribution in [3.05, 3.63) is 24.8 Å². The summed E-state index contributed by atoms with van der Waals surface area (Å²) in [4.78, 5) is 10.3. The van der Waals surface area contributed by atoms with Crippen molar-refractivity contribution in [2.45, 2.75) is 6.10 Å². The maximum absolute atomic E-state index is 10.3. The Kier molecular flexibility index (Phi) is 1.16. The molecular formula is C6H6O2. The SMILES string of the molecule is C=CC1C=CC(=O)O1. The van der Waals surface area contributed by atoms with Crippen molar-refractivity contribution in [1.82, 2.24) is 0 Å². The van der Waals surface area contributed by atoms with Crippen molar-refractivity contribution in [1.29, 1.82) is 0 Å². The van der Waals surface area contributed by atoms with Crippen molar-refractivity contribution in [3.8, 4) is 0 Å². The molecule has 0 amide bonds. The first-order chi connectivity index (χ1) is 3.83. The number of cyclic esters (lactones) is 1. The Morgan fingerprint density at radius 2 is 2.62 bits per heavy atom. The molecule has 8 heavy (non-hydrogen) atoms. The Morgan fingerprint density at radius 1 is 1.88 bits per heavy atom. The summed E-state index contributed by atoms with van der Waals surface area (Å²) >= 11 is 0. The lowest BCUT2D eigenvalue weighted by Crippen LogP contribution is -2.02. The Morgan fingerprint density at radius 3 is 2.88 bits per heavy atom. The molecule has 0 aromatic carbocycles. The van der Waals surface area contributed by atoms with Crippen LogP contribution in [0.25, 0.3) is 0 Å². The van der Waals surface area contributed by atoms with Crippen LogP contribution in [0.4, 0.5) is 0 Å². The first-order valence-corrected chi connectivity index (χ1v) is 2.34. The standard InChI is InChI=1S/C6H6O2/c1-2-5-3-4-6(7)8-5/h2-5H,1H2. The van der Waals surface area contributed by atoms with Gasteiger partial charge >= 0.3 is 5.97 Å². The third-order valence-corrected chi connectivity index (χ3v) is 0.907. The third kappa shape index (κ3) is 0.780. The van der Waals surface area contributed by atoms with E-state index in [0.29, 0.717) is 0 Å². The molecule has 1 heterocycles. The van der Waals surface area contributed by atoms with E-state index in [1.807, 2.05) is 0 Å². The highest BCUT2D eigenvalue weighted by atomic mass is 16.5. The number of ether oxygens (including phenoxy) is 1. The average molecular weight is 110 g/mol. The van der Waals surface area contributed by atoms with Gasteiger partial charge in [-0.2, -0.15) is 0 Å². The third-order valence-electron chi connectivity index (χ3n) is 0.907. The van der Waals surface area contributed by atoms with Crippen LogP contribution in [0.3, 0.4) is 0 Å². The molecule has 2 nitrogen and oxygen atoms in total. The van der Waals surface area contributed by atoms with Gasteiger partial charge in [0.2, 0.25) is 0 Å². The molecule has 0 aromatic rings. The van der Waals surface area contributed by atoms with Crippen LogP contribution in [-0.4, -0.2) is 12.1 Å². The predicted molar refractivity (Wildman–Crippen MR) is 29.2 cm³/mol. The summed E-state index contributed by atoms with van der Waals surface area (Å²) < 4.78 is 4.64. The topological polar surface area (TPSA) is 26.3 Å². The van der Waals surface area contributed by atoms with Crippen LogP contribution in [0.2, 0.25) is 0 Å². The molecule has 0 bridgehead atoms. The maximum atomic E-state index is 10.3. The average Bonchev–Trinajstić information content (AvgIpc) is 2.14. The number of hydrogen-bond acceptors (Lipinski definition) is 2. The highest BCUT2D eigenvalue weighted by molar-refractivity contribution is 5.84. The zero-order valence-corrected chi connectivity index (χ0v) is 4.33. The molecule has 0 radical (unpaired) electrons. The molecule has 0 saturated heterocycles. The van der Waals surface area contributed by atoms with Crippen LogP contribution in [0, 0.1) is 0 Å². The van der Waals surface area contributed by atoms with Crippen LogP contribution < -0.4 is 0 Å². The van der Waals surface area contributed by atoms with E-state index in [9.17, 15) is 4.79 Å². The number of hydrogen-bond donors (Lipinski definition) is 0. The van der Waals surface area contributed by atoms with E-state index in [-0.39, 0.29) is 12.1 Å². The molecule has 1 atom stereocenters. The maximum Gasteiger partial charge on any atom is 0.331 e. The predicted octanol–water partition coefficient (Wildman–Crippen LogP) is 0.654. The second-order valence-electron chi connectivity index (χ2n) is 1.50. The minimum atomic E-state index is -0.282.